The third kappa shape index (κ3) is 5.19. The number of rotatable bonds is 9. The monoisotopic (exact) mass is 377 g/mol. The number of carbonyl (C=O) groups is 2. The van der Waals surface area contributed by atoms with Gasteiger partial charge in [0.1, 0.15) is 17.0 Å². The van der Waals surface area contributed by atoms with Crippen molar-refractivity contribution >= 4 is 23.3 Å². The van der Waals surface area contributed by atoms with Gasteiger partial charge in [0.2, 0.25) is 0 Å². The summed E-state index contributed by atoms with van der Waals surface area (Å²) in [5, 5.41) is 16.9. The number of hydrogen-bond acceptors (Lipinski definition) is 5. The topological polar surface area (TPSA) is 103 Å². The molecule has 2 rings (SSSR count). The number of nitrogens with zero attached hydrogens (tertiary/aromatic N) is 2. The SMILES string of the molecule is COCCCOc1cccc2c(C=O)n(CC(NC(=O)O)C(C)(C)C)nc12. The molecule has 2 aromatic rings. The molecule has 1 heterocycles. The zero-order chi connectivity index (χ0) is 20.0. The second-order valence-corrected chi connectivity index (χ2v) is 7.40. The molecule has 27 heavy (non-hydrogen) atoms. The lowest BCUT2D eigenvalue weighted by Crippen LogP contribution is -2.46. The molecule has 1 unspecified atom stereocenters. The highest BCUT2D eigenvalue weighted by atomic mass is 16.5. The summed E-state index contributed by atoms with van der Waals surface area (Å²) in [5.74, 6) is 0.587. The Hall–Kier alpha value is -2.61. The molecule has 1 aromatic heterocycles. The molecule has 1 atom stereocenters. The van der Waals surface area contributed by atoms with Crippen LogP contribution in [0.4, 0.5) is 4.79 Å². The third-order valence-electron chi connectivity index (χ3n) is 4.33. The van der Waals surface area contributed by atoms with E-state index in [1.54, 1.807) is 23.9 Å². The highest BCUT2D eigenvalue weighted by molar-refractivity contribution is 5.97. The Labute approximate surface area is 158 Å². The van der Waals surface area contributed by atoms with Crippen LogP contribution in [0.3, 0.4) is 0 Å². The van der Waals surface area contributed by atoms with Crippen LogP contribution >= 0.6 is 0 Å². The molecule has 0 spiro atoms. The van der Waals surface area contributed by atoms with E-state index in [0.717, 1.165) is 12.7 Å². The lowest BCUT2D eigenvalue weighted by atomic mass is 9.87. The predicted octanol–water partition coefficient (Wildman–Crippen LogP) is 2.95. The van der Waals surface area contributed by atoms with E-state index in [4.69, 9.17) is 14.6 Å². The van der Waals surface area contributed by atoms with E-state index in [9.17, 15) is 9.59 Å². The average molecular weight is 377 g/mol. The summed E-state index contributed by atoms with van der Waals surface area (Å²) in [5.41, 5.74) is 0.629. The molecule has 0 bridgehead atoms. The molecule has 2 N–H and O–H groups in total. The Balaban J connectivity index is 2.36. The number of ether oxygens (including phenoxy) is 2. The molecule has 8 nitrogen and oxygen atoms in total. The molecule has 0 aliphatic rings. The van der Waals surface area contributed by atoms with Crippen molar-refractivity contribution in [1.82, 2.24) is 15.1 Å². The molecular formula is C19H27N3O5. The Bertz CT molecular complexity index is 794. The highest BCUT2D eigenvalue weighted by Crippen LogP contribution is 2.28. The number of carboxylic acid groups (broad SMARTS) is 1. The molecule has 0 aliphatic carbocycles. The van der Waals surface area contributed by atoms with Crippen molar-refractivity contribution in [3.05, 3.63) is 23.9 Å². The maximum absolute atomic E-state index is 11.7. The maximum atomic E-state index is 11.7. The largest absolute Gasteiger partial charge is 0.491 e. The lowest BCUT2D eigenvalue weighted by molar-refractivity contribution is 0.111. The summed E-state index contributed by atoms with van der Waals surface area (Å²) in [6.07, 6.45) is 0.370. The number of fused-ring (bicyclic) bond motifs is 1. The van der Waals surface area contributed by atoms with E-state index in [2.05, 4.69) is 10.4 Å². The number of hydrogen-bond donors (Lipinski definition) is 2. The normalized spacial score (nSPS) is 12.7. The first-order valence-electron chi connectivity index (χ1n) is 8.83. The average Bonchev–Trinajstić information content (AvgIpc) is 2.95. The second kappa shape index (κ2) is 8.85. The summed E-state index contributed by atoms with van der Waals surface area (Å²) < 4.78 is 12.4. The van der Waals surface area contributed by atoms with Gasteiger partial charge in [-0.1, -0.05) is 32.9 Å². The van der Waals surface area contributed by atoms with Crippen LogP contribution in [-0.2, 0) is 11.3 Å². The van der Waals surface area contributed by atoms with Gasteiger partial charge in [-0.2, -0.15) is 5.10 Å². The fourth-order valence-corrected chi connectivity index (χ4v) is 2.77. The van der Waals surface area contributed by atoms with Crippen molar-refractivity contribution in [2.45, 2.75) is 39.8 Å². The zero-order valence-corrected chi connectivity index (χ0v) is 16.2. The molecule has 148 valence electrons. The molecule has 0 fully saturated rings. The van der Waals surface area contributed by atoms with Gasteiger partial charge in [0, 0.05) is 25.5 Å². The number of aromatic nitrogens is 2. The minimum Gasteiger partial charge on any atom is -0.491 e. The lowest BCUT2D eigenvalue weighted by Gasteiger charge is -2.30. The van der Waals surface area contributed by atoms with Crippen LogP contribution in [0, 0.1) is 5.41 Å². The maximum Gasteiger partial charge on any atom is 0.404 e. The minimum atomic E-state index is -1.11. The van der Waals surface area contributed by atoms with Gasteiger partial charge in [-0.3, -0.25) is 9.48 Å². The first-order valence-corrected chi connectivity index (χ1v) is 8.83. The van der Waals surface area contributed by atoms with E-state index < -0.39 is 12.1 Å². The van der Waals surface area contributed by atoms with Gasteiger partial charge < -0.3 is 19.9 Å². The van der Waals surface area contributed by atoms with Crippen molar-refractivity contribution < 1.29 is 24.2 Å². The van der Waals surface area contributed by atoms with Gasteiger partial charge in [-0.15, -0.1) is 0 Å². The quantitative estimate of drug-likeness (QED) is 0.514. The van der Waals surface area contributed by atoms with Gasteiger partial charge in [-0.05, 0) is 11.5 Å². The first kappa shape index (κ1) is 20.7. The van der Waals surface area contributed by atoms with Gasteiger partial charge in [0.05, 0.1) is 19.2 Å². The van der Waals surface area contributed by atoms with Crippen LogP contribution in [-0.4, -0.2) is 53.6 Å². The number of nitrogens with one attached hydrogen (secondary N) is 1. The number of benzene rings is 1. The molecule has 8 heteroatoms. The van der Waals surface area contributed by atoms with Crippen molar-refractivity contribution in [1.29, 1.82) is 0 Å². The van der Waals surface area contributed by atoms with Crippen LogP contribution in [0.25, 0.3) is 10.9 Å². The standard InChI is InChI=1S/C19H27N3O5/c1-19(2,3)16(20-18(24)25)11-22-14(12-23)13-7-5-8-15(17(13)21-22)27-10-6-9-26-4/h5,7-8,12,16,20H,6,9-11H2,1-4H3,(H,24,25). The smallest absolute Gasteiger partial charge is 0.404 e. The Morgan fingerprint density at radius 2 is 2.11 bits per heavy atom. The van der Waals surface area contributed by atoms with E-state index in [-0.39, 0.29) is 12.0 Å². The van der Waals surface area contributed by atoms with E-state index in [1.165, 1.54) is 0 Å². The van der Waals surface area contributed by atoms with Crippen molar-refractivity contribution in [3.63, 3.8) is 0 Å². The van der Waals surface area contributed by atoms with Crippen LogP contribution in [0.1, 0.15) is 37.7 Å². The van der Waals surface area contributed by atoms with Gasteiger partial charge >= 0.3 is 6.09 Å². The summed E-state index contributed by atoms with van der Waals surface area (Å²) in [4.78, 5) is 22.9. The highest BCUT2D eigenvalue weighted by Gasteiger charge is 2.28. The van der Waals surface area contributed by atoms with Crippen LogP contribution in [0.15, 0.2) is 18.2 Å². The van der Waals surface area contributed by atoms with Crippen molar-refractivity contribution in [3.8, 4) is 5.75 Å². The Morgan fingerprint density at radius 1 is 1.37 bits per heavy atom. The summed E-state index contributed by atoms with van der Waals surface area (Å²) in [6.45, 7) is 7.10. The predicted molar refractivity (Wildman–Crippen MR) is 102 cm³/mol. The number of carbonyl (C=O) groups excluding carboxylic acids is 1. The van der Waals surface area contributed by atoms with E-state index in [1.807, 2.05) is 26.8 Å². The number of methoxy groups -OCH3 is 1. The summed E-state index contributed by atoms with van der Waals surface area (Å²) >= 11 is 0. The van der Waals surface area contributed by atoms with E-state index in [0.29, 0.717) is 35.6 Å². The molecule has 0 saturated carbocycles. The minimum absolute atomic E-state index is 0.238. The van der Waals surface area contributed by atoms with Crippen LogP contribution < -0.4 is 10.1 Å². The molecular weight excluding hydrogens is 350 g/mol. The zero-order valence-electron chi connectivity index (χ0n) is 16.2. The van der Waals surface area contributed by atoms with Gasteiger partial charge in [0.15, 0.2) is 6.29 Å². The van der Waals surface area contributed by atoms with Crippen LogP contribution in [0.5, 0.6) is 5.75 Å². The molecule has 1 amide bonds. The first-order chi connectivity index (χ1) is 12.8. The Morgan fingerprint density at radius 3 is 2.70 bits per heavy atom. The second-order valence-electron chi connectivity index (χ2n) is 7.40. The molecule has 1 aromatic carbocycles. The van der Waals surface area contributed by atoms with Gasteiger partial charge in [0.25, 0.3) is 0 Å². The molecule has 0 saturated heterocycles. The van der Waals surface area contributed by atoms with E-state index >= 15 is 0 Å². The fourth-order valence-electron chi connectivity index (χ4n) is 2.77. The van der Waals surface area contributed by atoms with Crippen LogP contribution in [0.2, 0.25) is 0 Å². The van der Waals surface area contributed by atoms with Crippen molar-refractivity contribution in [2.24, 2.45) is 5.41 Å². The third-order valence-corrected chi connectivity index (χ3v) is 4.33. The summed E-state index contributed by atoms with van der Waals surface area (Å²) in [7, 11) is 1.63. The Kier molecular flexibility index (Phi) is 6.79. The number of amides is 1. The number of aldehydes is 1. The molecule has 0 radical (unpaired) electrons. The molecule has 0 aliphatic heterocycles. The van der Waals surface area contributed by atoms with Gasteiger partial charge in [-0.25, -0.2) is 4.79 Å². The van der Waals surface area contributed by atoms with Crippen molar-refractivity contribution in [2.75, 3.05) is 20.3 Å². The summed E-state index contributed by atoms with van der Waals surface area (Å²) in [6, 6.07) is 5.00. The fraction of sp³-hybridized carbons (Fsp3) is 0.526.